The van der Waals surface area contributed by atoms with Gasteiger partial charge in [0.1, 0.15) is 0 Å². The first-order valence-electron chi connectivity index (χ1n) is 12.3. The van der Waals surface area contributed by atoms with E-state index in [1.54, 1.807) is 17.4 Å². The molecule has 1 amide bonds. The highest BCUT2D eigenvalue weighted by Crippen LogP contribution is 2.47. The molecule has 4 N–H and O–H groups in total. The van der Waals surface area contributed by atoms with Gasteiger partial charge < -0.3 is 15.8 Å². The molecule has 1 aliphatic carbocycles. The van der Waals surface area contributed by atoms with Crippen LogP contribution in [0.4, 0.5) is 10.1 Å². The van der Waals surface area contributed by atoms with E-state index in [1.165, 1.54) is 29.2 Å². The van der Waals surface area contributed by atoms with Gasteiger partial charge in [-0.25, -0.2) is 9.82 Å². The van der Waals surface area contributed by atoms with Gasteiger partial charge in [-0.1, -0.05) is 36.8 Å². The van der Waals surface area contributed by atoms with Crippen molar-refractivity contribution in [2.75, 3.05) is 18.6 Å². The summed E-state index contributed by atoms with van der Waals surface area (Å²) in [5, 5.41) is 15.9. The molecular weight excluding hydrogens is 473 g/mol. The predicted molar refractivity (Wildman–Crippen MR) is 145 cm³/mol. The van der Waals surface area contributed by atoms with E-state index in [0.29, 0.717) is 11.5 Å². The Kier molecular flexibility index (Phi) is 7.32. The largest absolute Gasteiger partial charge is 0.395 e. The molecule has 1 aliphatic heterocycles. The van der Waals surface area contributed by atoms with E-state index in [9.17, 15) is 9.18 Å². The molecule has 3 aromatic rings. The molecule has 1 unspecified atom stereocenters. The number of nitrogens with one attached hydrogen (secondary N) is 3. The maximum absolute atomic E-state index is 14.6. The minimum atomic E-state index is -1.25. The molecule has 1 aromatic heterocycles. The molecule has 5 rings (SSSR count). The van der Waals surface area contributed by atoms with Gasteiger partial charge in [-0.05, 0) is 93.6 Å². The maximum atomic E-state index is 14.6. The molecule has 0 saturated heterocycles. The van der Waals surface area contributed by atoms with Crippen molar-refractivity contribution in [2.24, 2.45) is 5.92 Å². The summed E-state index contributed by atoms with van der Waals surface area (Å²) < 4.78 is 14.6. The summed E-state index contributed by atoms with van der Waals surface area (Å²) in [7, 11) is 0. The Morgan fingerprint density at radius 3 is 2.61 bits per heavy atom. The van der Waals surface area contributed by atoms with E-state index in [0.717, 1.165) is 40.8 Å². The first-order valence-corrected chi connectivity index (χ1v) is 13.2. The van der Waals surface area contributed by atoms with Crippen molar-refractivity contribution in [3.05, 3.63) is 92.7 Å². The van der Waals surface area contributed by atoms with Crippen LogP contribution >= 0.6 is 11.3 Å². The second-order valence-corrected chi connectivity index (χ2v) is 10.0. The maximum Gasteiger partial charge on any atom is 0.244 e. The topological polar surface area (TPSA) is 73.4 Å². The van der Waals surface area contributed by atoms with Gasteiger partial charge in [0, 0.05) is 18.2 Å². The highest BCUT2D eigenvalue weighted by atomic mass is 32.1. The van der Waals surface area contributed by atoms with Gasteiger partial charge >= 0.3 is 0 Å². The number of anilines is 1. The van der Waals surface area contributed by atoms with Gasteiger partial charge in [-0.3, -0.25) is 4.79 Å². The van der Waals surface area contributed by atoms with Gasteiger partial charge in [0.05, 0.1) is 12.3 Å². The number of carbonyl (C=O) groups excluding carboxylic acids is 1. The molecule has 5 nitrogen and oxygen atoms in total. The highest BCUT2D eigenvalue weighted by Gasteiger charge is 2.29. The second kappa shape index (κ2) is 10.8. The number of carbonyl (C=O) groups is 1. The summed E-state index contributed by atoms with van der Waals surface area (Å²) in [4.78, 5) is 11.9. The first kappa shape index (κ1) is 24.4. The molecule has 2 aliphatic rings. The average Bonchev–Trinajstić information content (AvgIpc) is 3.45. The molecule has 1 fully saturated rings. The molecular formula is C29H30FN3O2S. The van der Waals surface area contributed by atoms with Crippen LogP contribution < -0.4 is 16.2 Å². The van der Waals surface area contributed by atoms with Crippen LogP contribution in [-0.4, -0.2) is 24.2 Å². The Hall–Kier alpha value is -3.26. The third-order valence-electron chi connectivity index (χ3n) is 6.91. The molecule has 0 spiro atoms. The van der Waals surface area contributed by atoms with Crippen LogP contribution in [0.3, 0.4) is 0 Å². The van der Waals surface area contributed by atoms with Crippen molar-refractivity contribution < 1.29 is 14.3 Å². The van der Waals surface area contributed by atoms with Crippen LogP contribution in [0.1, 0.15) is 58.9 Å². The summed E-state index contributed by atoms with van der Waals surface area (Å²) in [6.07, 6.45) is 5.50. The van der Waals surface area contributed by atoms with E-state index in [-0.39, 0.29) is 19.1 Å². The summed E-state index contributed by atoms with van der Waals surface area (Å²) in [6.45, 7) is 2.30. The molecule has 36 heavy (non-hydrogen) atoms. The third kappa shape index (κ3) is 5.00. The molecule has 1 saturated carbocycles. The molecule has 186 valence electrons. The van der Waals surface area contributed by atoms with Crippen molar-refractivity contribution in [3.8, 4) is 0 Å². The van der Waals surface area contributed by atoms with Crippen molar-refractivity contribution in [2.45, 2.75) is 32.5 Å². The molecule has 2 aromatic carbocycles. The number of amides is 1. The number of aryl methyl sites for hydroxylation is 1. The lowest BCUT2D eigenvalue weighted by atomic mass is 9.73. The van der Waals surface area contributed by atoms with Crippen LogP contribution in [0.2, 0.25) is 0 Å². The monoisotopic (exact) mass is 503 g/mol. The van der Waals surface area contributed by atoms with Gasteiger partial charge in [-0.15, -0.1) is 0 Å². The number of hydrogen-bond acceptors (Lipinski definition) is 5. The summed E-state index contributed by atoms with van der Waals surface area (Å²) >= 11 is 1.72. The van der Waals surface area contributed by atoms with E-state index in [1.807, 2.05) is 24.3 Å². The Bertz CT molecular complexity index is 1310. The van der Waals surface area contributed by atoms with Gasteiger partial charge in [0.15, 0.2) is 6.30 Å². The Balaban J connectivity index is 1.60. The Morgan fingerprint density at radius 2 is 1.94 bits per heavy atom. The number of fused-ring (bicyclic) bond motifs is 1. The lowest BCUT2D eigenvalue weighted by Crippen LogP contribution is -2.24. The Morgan fingerprint density at radius 1 is 1.17 bits per heavy atom. The standard InChI is InChI=1S/C29H30FN3O2S/c1-18-16-36-17-24(18)28(20-3-2-4-20)27(22-10-11-25-23(15-22)29(30)33-32-25)21-8-5-19(6-9-21)7-12-26(35)31-13-14-34/h5-12,15-17,20,29,32-34H,2-4,13-14H2,1H3,(H,31,35)/b12-7+,28-27+. The quantitative estimate of drug-likeness (QED) is 0.230. The molecule has 0 bridgehead atoms. The first-order chi connectivity index (χ1) is 17.5. The van der Waals surface area contributed by atoms with E-state index in [2.05, 4.69) is 52.1 Å². The predicted octanol–water partition coefficient (Wildman–Crippen LogP) is 5.84. The van der Waals surface area contributed by atoms with Crippen LogP contribution in [0.25, 0.3) is 17.2 Å². The fraction of sp³-hybridized carbons (Fsp3) is 0.276. The van der Waals surface area contributed by atoms with Gasteiger partial charge in [0.2, 0.25) is 5.91 Å². The molecule has 0 radical (unpaired) electrons. The van der Waals surface area contributed by atoms with Crippen LogP contribution in [-0.2, 0) is 4.79 Å². The molecule has 7 heteroatoms. The van der Waals surface area contributed by atoms with Crippen molar-refractivity contribution in [3.63, 3.8) is 0 Å². The number of hydrazine groups is 1. The zero-order chi connectivity index (χ0) is 25.1. The smallest absolute Gasteiger partial charge is 0.244 e. The van der Waals surface area contributed by atoms with Gasteiger partial charge in [0.25, 0.3) is 0 Å². The highest BCUT2D eigenvalue weighted by molar-refractivity contribution is 7.08. The van der Waals surface area contributed by atoms with E-state index < -0.39 is 6.30 Å². The van der Waals surface area contributed by atoms with Crippen LogP contribution in [0, 0.1) is 12.8 Å². The number of halogens is 1. The van der Waals surface area contributed by atoms with Crippen molar-refractivity contribution >= 4 is 40.2 Å². The second-order valence-electron chi connectivity index (χ2n) is 9.29. The van der Waals surface area contributed by atoms with Crippen LogP contribution in [0.5, 0.6) is 0 Å². The van der Waals surface area contributed by atoms with E-state index in [4.69, 9.17) is 5.11 Å². The number of aliphatic hydroxyl groups is 1. The van der Waals surface area contributed by atoms with Crippen LogP contribution in [0.15, 0.2) is 59.3 Å². The average molecular weight is 504 g/mol. The SMILES string of the molecule is Cc1cscc1/C(=C(\c1ccc(/C=C/C(=O)NCCO)cc1)c1ccc2c(c1)C(F)NN2)C1CCC1. The zero-order valence-corrected chi connectivity index (χ0v) is 21.0. The minimum absolute atomic E-state index is 0.0890. The molecule has 2 heterocycles. The number of allylic oxidation sites excluding steroid dienone is 1. The fourth-order valence-electron chi connectivity index (χ4n) is 4.80. The summed E-state index contributed by atoms with van der Waals surface area (Å²) in [5.41, 5.74) is 14.9. The number of aliphatic hydroxyl groups excluding tert-OH is 1. The van der Waals surface area contributed by atoms with E-state index >= 15 is 0 Å². The zero-order valence-electron chi connectivity index (χ0n) is 20.2. The molecule has 1 atom stereocenters. The lowest BCUT2D eigenvalue weighted by molar-refractivity contribution is -0.116. The van der Waals surface area contributed by atoms with Gasteiger partial charge in [-0.2, -0.15) is 11.3 Å². The van der Waals surface area contributed by atoms with Crippen molar-refractivity contribution in [1.82, 2.24) is 10.7 Å². The summed E-state index contributed by atoms with van der Waals surface area (Å²) in [6, 6.07) is 14.1. The number of hydrogen-bond donors (Lipinski definition) is 4. The number of thiophene rings is 1. The summed E-state index contributed by atoms with van der Waals surface area (Å²) in [5.74, 6) is 0.226. The number of rotatable bonds is 8. The Labute approximate surface area is 214 Å². The third-order valence-corrected chi connectivity index (χ3v) is 7.77. The van der Waals surface area contributed by atoms with Crippen molar-refractivity contribution in [1.29, 1.82) is 0 Å². The fourth-order valence-corrected chi connectivity index (χ4v) is 5.65. The number of benzene rings is 2. The normalized spacial score (nSPS) is 17.9. The lowest BCUT2D eigenvalue weighted by Gasteiger charge is -2.31. The number of alkyl halides is 1. The minimum Gasteiger partial charge on any atom is -0.395 e.